The van der Waals surface area contributed by atoms with E-state index >= 15 is 0 Å². The molecule has 7 atom stereocenters. The number of aromatic nitrogens is 1. The molecule has 0 radical (unpaired) electrons. The normalized spacial score (nSPS) is 37.5. The molecule has 0 aromatic carbocycles. The number of hydrogen-bond donors (Lipinski definition) is 2. The van der Waals surface area contributed by atoms with E-state index in [1.54, 1.807) is 32.1 Å². The topological polar surface area (TPSA) is 109 Å². The molecule has 2 aliphatic rings. The van der Waals surface area contributed by atoms with Crippen LogP contribution in [0, 0.1) is 24.2 Å². The van der Waals surface area contributed by atoms with E-state index in [1.807, 2.05) is 32.2 Å². The third-order valence-corrected chi connectivity index (χ3v) is 8.72. The van der Waals surface area contributed by atoms with Crippen LogP contribution >= 0.6 is 11.3 Å². The van der Waals surface area contributed by atoms with Gasteiger partial charge in [0.25, 0.3) is 0 Å². The summed E-state index contributed by atoms with van der Waals surface area (Å²) in [7, 11) is 0. The number of aliphatic hydroxyl groups excluding tert-OH is 2. The van der Waals surface area contributed by atoms with Gasteiger partial charge in [0, 0.05) is 17.7 Å². The zero-order chi connectivity index (χ0) is 26.1. The Kier molecular flexibility index (Phi) is 8.62. The first-order chi connectivity index (χ1) is 16.2. The zero-order valence-electron chi connectivity index (χ0n) is 22.0. The molecule has 0 spiro atoms. The fourth-order valence-electron chi connectivity index (χ4n) is 5.07. The van der Waals surface area contributed by atoms with Gasteiger partial charge in [0.15, 0.2) is 0 Å². The summed E-state index contributed by atoms with van der Waals surface area (Å²) in [4.78, 5) is 30.6. The van der Waals surface area contributed by atoms with Crippen molar-refractivity contribution in [2.24, 2.45) is 17.3 Å². The van der Waals surface area contributed by atoms with Crippen LogP contribution in [-0.2, 0) is 19.1 Å². The van der Waals surface area contributed by atoms with E-state index in [9.17, 15) is 19.8 Å². The van der Waals surface area contributed by atoms with Gasteiger partial charge in [-0.1, -0.05) is 34.1 Å². The number of carbonyl (C=O) groups excluding carboxylic acids is 2. The lowest BCUT2D eigenvalue weighted by molar-refractivity contribution is -0.154. The van der Waals surface area contributed by atoms with E-state index in [0.29, 0.717) is 6.42 Å². The minimum atomic E-state index is -1.23. The Balaban J connectivity index is 1.85. The number of epoxide rings is 1. The van der Waals surface area contributed by atoms with Gasteiger partial charge >= 0.3 is 5.97 Å². The second kappa shape index (κ2) is 10.8. The maximum atomic E-state index is 13.2. The SMILES string of the molecule is Cc1nc(/C=[13C](\C)C2C[C@@H]3[18O][13C@]3(C)CCC[13CH](C)C(O)[13CH](C)C(=O)[13C](C)(C)C(O)CC(=O)O2)cs1. The molecule has 0 amide bonds. The van der Waals surface area contributed by atoms with Gasteiger partial charge in [-0.05, 0) is 51.2 Å². The van der Waals surface area contributed by atoms with E-state index in [-0.39, 0.29) is 29.8 Å². The molecule has 2 fully saturated rings. The van der Waals surface area contributed by atoms with Gasteiger partial charge in [-0.25, -0.2) is 4.98 Å². The van der Waals surface area contributed by atoms with Crippen molar-refractivity contribution >= 4 is 29.2 Å². The van der Waals surface area contributed by atoms with Crippen molar-refractivity contribution in [1.29, 1.82) is 0 Å². The van der Waals surface area contributed by atoms with Crippen LogP contribution in [0.15, 0.2) is 11.0 Å². The highest BCUT2D eigenvalue weighted by atomic mass is 32.1. The smallest absolute Gasteiger partial charge is 0.309 e. The minimum absolute atomic E-state index is 0.0455. The summed E-state index contributed by atoms with van der Waals surface area (Å²) >= 11 is 1.56. The number of nitrogens with zero attached hydrogens (tertiary/aromatic N) is 1. The lowest BCUT2D eigenvalue weighted by atomic mass is 10.1. The summed E-state index contributed by atoms with van der Waals surface area (Å²) in [6, 6.07) is 0. The van der Waals surface area contributed by atoms with Gasteiger partial charge in [0.05, 0.1) is 46.5 Å². The highest BCUT2D eigenvalue weighted by molar-refractivity contribution is 7.09. The Morgan fingerprint density at radius 1 is 1.26 bits per heavy atom. The summed E-state index contributed by atoms with van der Waals surface area (Å²) in [6.45, 7) is 12.8. The molecule has 0 saturated carbocycles. The Labute approximate surface area is 212 Å². The largest absolute Gasteiger partial charge is 0.458 e. The van der Waals surface area contributed by atoms with Gasteiger partial charge in [-0.2, -0.15) is 0 Å². The Morgan fingerprint density at radius 3 is 2.57 bits per heavy atom. The molecule has 35 heavy (non-hydrogen) atoms. The molecular formula is C27H41NO6S. The molecule has 1 aromatic heterocycles. The van der Waals surface area contributed by atoms with Crippen LogP contribution in [0.5, 0.6) is 0 Å². The number of carbonyl (C=O) groups is 2. The number of Topliss-reactive ketones (excluding diaryl/α,β-unsaturated/α-hetero) is 1. The molecule has 2 aliphatic heterocycles. The van der Waals surface area contributed by atoms with E-state index < -0.39 is 35.6 Å². The molecule has 2 N–H and O–H groups in total. The third kappa shape index (κ3) is 6.59. The number of thiazole rings is 1. The van der Waals surface area contributed by atoms with Crippen molar-refractivity contribution in [3.8, 4) is 0 Å². The van der Waals surface area contributed by atoms with Crippen molar-refractivity contribution in [2.75, 3.05) is 0 Å². The van der Waals surface area contributed by atoms with Crippen molar-refractivity contribution in [3.05, 3.63) is 21.7 Å². The first-order valence-electron chi connectivity index (χ1n) is 12.6. The number of rotatable bonds is 2. The van der Waals surface area contributed by atoms with Crippen molar-refractivity contribution in [2.45, 2.75) is 111 Å². The summed E-state index contributed by atoms with van der Waals surface area (Å²) in [6.07, 6.45) is 1.98. The Morgan fingerprint density at radius 2 is 1.94 bits per heavy atom. The second-order valence-electron chi connectivity index (χ2n) is 11.3. The van der Waals surface area contributed by atoms with Crippen LogP contribution in [-0.4, -0.2) is 57.0 Å². The number of aliphatic hydroxyl groups is 2. The van der Waals surface area contributed by atoms with Crippen LogP contribution in [0.1, 0.15) is 84.3 Å². The van der Waals surface area contributed by atoms with Crippen molar-refractivity contribution in [1.82, 2.24) is 4.98 Å². The number of esters is 1. The molecule has 1 aromatic rings. The Bertz CT molecular complexity index is 955. The molecule has 3 heterocycles. The molecule has 0 bridgehead atoms. The van der Waals surface area contributed by atoms with Crippen molar-refractivity contribution < 1.29 is 29.3 Å². The minimum Gasteiger partial charge on any atom is -0.458 e. The molecule has 7 nitrogen and oxygen atoms in total. The molecule has 8 heteroatoms. The van der Waals surface area contributed by atoms with Gasteiger partial charge < -0.3 is 19.7 Å². The number of hydrogen-bond acceptors (Lipinski definition) is 8. The quantitative estimate of drug-likeness (QED) is 0.259. The fraction of sp³-hybridized carbons (Fsp3) is 0.741. The number of fused-ring (bicyclic) bond motifs is 1. The summed E-state index contributed by atoms with van der Waals surface area (Å²) in [5.41, 5.74) is 0.179. The average molecular weight is 515 g/mol. The second-order valence-corrected chi connectivity index (χ2v) is 12.3. The van der Waals surface area contributed by atoms with Crippen LogP contribution in [0.25, 0.3) is 6.08 Å². The monoisotopic (exact) mass is 514 g/mol. The first-order valence-corrected chi connectivity index (χ1v) is 13.5. The average Bonchev–Trinajstić information content (AvgIpc) is 3.22. The van der Waals surface area contributed by atoms with Gasteiger partial charge in [-0.3, -0.25) is 9.59 Å². The maximum absolute atomic E-state index is 13.2. The van der Waals surface area contributed by atoms with Gasteiger partial charge in [0.1, 0.15) is 11.9 Å². The molecule has 5 unspecified atom stereocenters. The third-order valence-electron chi connectivity index (χ3n) is 7.93. The lowest BCUT2D eigenvalue weighted by Crippen LogP contribution is -2.45. The van der Waals surface area contributed by atoms with E-state index in [0.717, 1.165) is 35.5 Å². The van der Waals surface area contributed by atoms with Crippen LogP contribution in [0.2, 0.25) is 0 Å². The summed E-state index contributed by atoms with van der Waals surface area (Å²) in [5, 5.41) is 24.6. The lowest BCUT2D eigenvalue weighted by Gasteiger charge is -2.34. The molecule has 2 saturated heterocycles. The highest BCUT2D eigenvalue weighted by Crippen LogP contribution is 2.45. The van der Waals surface area contributed by atoms with E-state index in [4.69, 9.17) is 9.47 Å². The molecule has 3 rings (SSSR count). The first kappa shape index (κ1) is 28.0. The van der Waals surface area contributed by atoms with Crippen LogP contribution < -0.4 is 0 Å². The zero-order valence-corrected chi connectivity index (χ0v) is 22.9. The predicted octanol–water partition coefficient (Wildman–Crippen LogP) is 4.48. The molecular weight excluding hydrogens is 473 g/mol. The van der Waals surface area contributed by atoms with Crippen molar-refractivity contribution in [3.63, 3.8) is 0 Å². The van der Waals surface area contributed by atoms with Gasteiger partial charge in [0.2, 0.25) is 0 Å². The van der Waals surface area contributed by atoms with Crippen LogP contribution in [0.4, 0.5) is 0 Å². The predicted molar refractivity (Wildman–Crippen MR) is 136 cm³/mol. The highest BCUT2D eigenvalue weighted by Gasteiger charge is 2.53. The van der Waals surface area contributed by atoms with E-state index in [1.165, 1.54) is 0 Å². The Hall–Kier alpha value is -1.61. The van der Waals surface area contributed by atoms with Gasteiger partial charge in [-0.15, -0.1) is 11.3 Å². The number of ether oxygens (including phenoxy) is 2. The van der Waals surface area contributed by atoms with Crippen LogP contribution in [0.3, 0.4) is 0 Å². The molecule has 0 aliphatic carbocycles. The van der Waals surface area contributed by atoms with E-state index in [2.05, 4.69) is 11.9 Å². The number of aryl methyl sites for hydroxylation is 1. The number of ketones is 1. The number of cyclic esters (lactones) is 1. The standard InChI is InChI=1S/C27H41NO6S/c1-15-9-8-10-27(7)22(34-27)12-20(16(2)11-19-14-35-18(4)28-19)33-23(30)13-21(29)26(5,6)25(32)17(3)24(15)31/h11,14-15,17,20-22,24,29,31H,8-10,12-13H2,1-7H3/b16-11+/t15?,17?,20?,21?,22-,24?,27+/m0/s1/i15+1,16+1,17+1,26+1,27+1,34+2. The maximum Gasteiger partial charge on any atom is 0.309 e. The summed E-state index contributed by atoms with van der Waals surface area (Å²) in [5.74, 6) is -1.55. The molecule has 196 valence electrons. The summed E-state index contributed by atoms with van der Waals surface area (Å²) < 4.78 is 11.9. The fourth-order valence-corrected chi connectivity index (χ4v) is 5.64.